The molecule has 20 heavy (non-hydrogen) atoms. The number of hydrogen-bond donors (Lipinski definition) is 1. The smallest absolute Gasteiger partial charge is 0.188 e. The first-order chi connectivity index (χ1) is 9.83. The number of allylic oxidation sites excluding steroid dienone is 3. The molecule has 0 aliphatic heterocycles. The Morgan fingerprint density at radius 2 is 2.05 bits per heavy atom. The average Bonchev–Trinajstić information content (AvgIpc) is 2.96. The number of hydrogen-bond acceptors (Lipinski definition) is 4. The van der Waals surface area contributed by atoms with Crippen molar-refractivity contribution in [2.24, 2.45) is 4.99 Å². The number of thiazole rings is 1. The van der Waals surface area contributed by atoms with Crippen LogP contribution in [0.3, 0.4) is 0 Å². The van der Waals surface area contributed by atoms with E-state index in [9.17, 15) is 0 Å². The van der Waals surface area contributed by atoms with E-state index in [1.165, 1.54) is 0 Å². The second kappa shape index (κ2) is 7.40. The maximum Gasteiger partial charge on any atom is 0.188 e. The maximum atomic E-state index is 4.57. The van der Waals surface area contributed by atoms with E-state index in [1.807, 2.05) is 55.7 Å². The van der Waals surface area contributed by atoms with Gasteiger partial charge < -0.3 is 5.32 Å². The highest BCUT2D eigenvalue weighted by molar-refractivity contribution is 7.14. The standard InChI is InChI=1S/C16H17N3S/c1-3-5-11-17-15(4-2)19-16-18-14(12-20-16)13-9-7-6-8-10-13/h3-12H,1-2H3,(H,18,19)/b5-3-,15-4+,17-11-. The number of rotatable bonds is 5. The zero-order valence-electron chi connectivity index (χ0n) is 11.6. The van der Waals surface area contributed by atoms with E-state index in [4.69, 9.17) is 0 Å². The molecule has 1 N–H and O–H groups in total. The number of nitrogens with one attached hydrogen (secondary N) is 1. The highest BCUT2D eigenvalue weighted by atomic mass is 32.1. The van der Waals surface area contributed by atoms with Crippen LogP contribution in [-0.4, -0.2) is 11.2 Å². The van der Waals surface area contributed by atoms with Crippen LogP contribution in [-0.2, 0) is 0 Å². The Hall–Kier alpha value is -2.20. The molecule has 0 amide bonds. The summed E-state index contributed by atoms with van der Waals surface area (Å²) in [4.78, 5) is 8.89. The maximum absolute atomic E-state index is 4.57. The van der Waals surface area contributed by atoms with Crippen molar-refractivity contribution in [2.75, 3.05) is 5.32 Å². The topological polar surface area (TPSA) is 37.3 Å². The zero-order chi connectivity index (χ0) is 14.2. The molecular formula is C16H17N3S. The van der Waals surface area contributed by atoms with E-state index in [-0.39, 0.29) is 0 Å². The van der Waals surface area contributed by atoms with Crippen molar-refractivity contribution in [3.63, 3.8) is 0 Å². The first-order valence-corrected chi connectivity index (χ1v) is 7.31. The number of nitrogens with zero attached hydrogens (tertiary/aromatic N) is 2. The fourth-order valence-electron chi connectivity index (χ4n) is 1.57. The summed E-state index contributed by atoms with van der Waals surface area (Å²) in [5, 5.41) is 6.10. The summed E-state index contributed by atoms with van der Waals surface area (Å²) >= 11 is 1.57. The third-order valence-electron chi connectivity index (χ3n) is 2.57. The molecule has 4 heteroatoms. The third-order valence-corrected chi connectivity index (χ3v) is 3.33. The van der Waals surface area contributed by atoms with Crippen LogP contribution in [0.1, 0.15) is 13.8 Å². The van der Waals surface area contributed by atoms with E-state index >= 15 is 0 Å². The quantitative estimate of drug-likeness (QED) is 0.805. The molecule has 0 saturated heterocycles. The predicted octanol–water partition coefficient (Wildman–Crippen LogP) is 4.73. The molecule has 0 unspecified atom stereocenters. The summed E-state index contributed by atoms with van der Waals surface area (Å²) in [5.74, 6) is 0.789. The van der Waals surface area contributed by atoms with Crippen LogP contribution in [0, 0.1) is 0 Å². The zero-order valence-corrected chi connectivity index (χ0v) is 12.4. The van der Waals surface area contributed by atoms with Gasteiger partial charge in [0.15, 0.2) is 5.13 Å². The van der Waals surface area contributed by atoms with Crippen LogP contribution in [0.25, 0.3) is 11.3 Å². The van der Waals surface area contributed by atoms with Gasteiger partial charge in [0.25, 0.3) is 0 Å². The molecule has 1 aromatic carbocycles. The minimum atomic E-state index is 0.789. The predicted molar refractivity (Wildman–Crippen MR) is 88.2 cm³/mol. The number of aliphatic imine (C=N–C) groups is 1. The van der Waals surface area contributed by atoms with Gasteiger partial charge in [-0.1, -0.05) is 36.4 Å². The van der Waals surface area contributed by atoms with Crippen molar-refractivity contribution in [1.82, 2.24) is 4.98 Å². The summed E-state index contributed by atoms with van der Waals surface area (Å²) in [6, 6.07) is 10.1. The summed E-state index contributed by atoms with van der Waals surface area (Å²) in [5.41, 5.74) is 2.10. The molecule has 3 nitrogen and oxygen atoms in total. The molecule has 2 aromatic rings. The molecule has 0 fully saturated rings. The molecule has 1 heterocycles. The van der Waals surface area contributed by atoms with Crippen LogP contribution in [0.4, 0.5) is 5.13 Å². The Morgan fingerprint density at radius 1 is 1.25 bits per heavy atom. The van der Waals surface area contributed by atoms with E-state index in [0.29, 0.717) is 0 Å². The fraction of sp³-hybridized carbons (Fsp3) is 0.125. The Morgan fingerprint density at radius 3 is 2.75 bits per heavy atom. The van der Waals surface area contributed by atoms with Crippen LogP contribution < -0.4 is 5.32 Å². The van der Waals surface area contributed by atoms with Crippen molar-refractivity contribution in [3.8, 4) is 11.3 Å². The molecule has 2 rings (SSSR count). The van der Waals surface area contributed by atoms with Gasteiger partial charge in [0.1, 0.15) is 5.82 Å². The molecule has 0 aliphatic carbocycles. The lowest BCUT2D eigenvalue weighted by Gasteiger charge is -2.01. The molecule has 0 radical (unpaired) electrons. The molecule has 0 saturated carbocycles. The Labute approximate surface area is 123 Å². The van der Waals surface area contributed by atoms with E-state index in [2.05, 4.69) is 27.4 Å². The summed E-state index contributed by atoms with van der Waals surface area (Å²) in [7, 11) is 0. The van der Waals surface area contributed by atoms with Crippen LogP contribution in [0.2, 0.25) is 0 Å². The second-order valence-corrected chi connectivity index (χ2v) is 4.86. The minimum absolute atomic E-state index is 0.789. The van der Waals surface area contributed by atoms with Crippen LogP contribution in [0.5, 0.6) is 0 Å². The number of benzene rings is 1. The Kier molecular flexibility index (Phi) is 5.26. The Bertz CT molecular complexity index is 624. The SMILES string of the molecule is C\C=C/C=N\C(=C/C)Nc1nc(-c2ccccc2)cs1. The highest BCUT2D eigenvalue weighted by Gasteiger charge is 2.04. The molecule has 102 valence electrons. The van der Waals surface area contributed by atoms with Gasteiger partial charge >= 0.3 is 0 Å². The molecule has 0 spiro atoms. The van der Waals surface area contributed by atoms with Gasteiger partial charge in [-0.25, -0.2) is 9.98 Å². The van der Waals surface area contributed by atoms with Crippen LogP contribution >= 0.6 is 11.3 Å². The molecule has 0 bridgehead atoms. The molecular weight excluding hydrogens is 266 g/mol. The summed E-state index contributed by atoms with van der Waals surface area (Å²) in [6.45, 7) is 3.91. The number of anilines is 1. The third kappa shape index (κ3) is 3.90. The monoisotopic (exact) mass is 283 g/mol. The van der Waals surface area contributed by atoms with Crippen molar-refractivity contribution >= 4 is 22.7 Å². The van der Waals surface area contributed by atoms with Gasteiger partial charge in [-0.3, -0.25) is 0 Å². The lowest BCUT2D eigenvalue weighted by molar-refractivity contribution is 1.26. The van der Waals surface area contributed by atoms with Gasteiger partial charge in [0, 0.05) is 17.2 Å². The van der Waals surface area contributed by atoms with Crippen molar-refractivity contribution in [2.45, 2.75) is 13.8 Å². The average molecular weight is 283 g/mol. The van der Waals surface area contributed by atoms with E-state index in [0.717, 1.165) is 22.2 Å². The van der Waals surface area contributed by atoms with Crippen molar-refractivity contribution < 1.29 is 0 Å². The van der Waals surface area contributed by atoms with Crippen LogP contribution in [0.15, 0.2) is 64.8 Å². The fourth-order valence-corrected chi connectivity index (χ4v) is 2.30. The van der Waals surface area contributed by atoms with Gasteiger partial charge in [0.2, 0.25) is 0 Å². The van der Waals surface area contributed by atoms with Gasteiger partial charge in [-0.2, -0.15) is 0 Å². The summed E-state index contributed by atoms with van der Waals surface area (Å²) < 4.78 is 0. The number of aromatic nitrogens is 1. The first-order valence-electron chi connectivity index (χ1n) is 6.43. The molecule has 1 aromatic heterocycles. The van der Waals surface area contributed by atoms with Crippen molar-refractivity contribution in [1.29, 1.82) is 0 Å². The van der Waals surface area contributed by atoms with Gasteiger partial charge in [-0.15, -0.1) is 11.3 Å². The Balaban J connectivity index is 2.10. The van der Waals surface area contributed by atoms with Crippen molar-refractivity contribution in [3.05, 3.63) is 59.8 Å². The molecule has 0 atom stereocenters. The summed E-state index contributed by atoms with van der Waals surface area (Å²) in [6.07, 6.45) is 7.51. The largest absolute Gasteiger partial charge is 0.316 e. The van der Waals surface area contributed by atoms with E-state index in [1.54, 1.807) is 17.6 Å². The second-order valence-electron chi connectivity index (χ2n) is 4.01. The molecule has 0 aliphatic rings. The highest BCUT2D eigenvalue weighted by Crippen LogP contribution is 2.25. The lowest BCUT2D eigenvalue weighted by Crippen LogP contribution is -1.96. The lowest BCUT2D eigenvalue weighted by atomic mass is 10.2. The normalized spacial score (nSPS) is 12.4. The van der Waals surface area contributed by atoms with Gasteiger partial charge in [0.05, 0.1) is 5.69 Å². The first kappa shape index (κ1) is 14.2. The van der Waals surface area contributed by atoms with E-state index < -0.39 is 0 Å². The minimum Gasteiger partial charge on any atom is -0.316 e. The van der Waals surface area contributed by atoms with Gasteiger partial charge in [-0.05, 0) is 26.0 Å².